The highest BCUT2D eigenvalue weighted by atomic mass is 32.2. The molecule has 0 aromatic rings. The van der Waals surface area contributed by atoms with Gasteiger partial charge in [0.15, 0.2) is 0 Å². The van der Waals surface area contributed by atoms with Gasteiger partial charge in [0.25, 0.3) is 0 Å². The lowest BCUT2D eigenvalue weighted by Crippen LogP contribution is -2.56. The van der Waals surface area contributed by atoms with Gasteiger partial charge in [0.2, 0.25) is 0 Å². The lowest BCUT2D eigenvalue weighted by molar-refractivity contribution is -0.190. The first-order valence-electron chi connectivity index (χ1n) is 7.56. The first kappa shape index (κ1) is 14.8. The largest absolute Gasteiger partial charge is 0.373 e. The van der Waals surface area contributed by atoms with E-state index in [2.05, 4.69) is 11.6 Å². The Balaban J connectivity index is 1.55. The zero-order valence-corrected chi connectivity index (χ0v) is 13.2. The second-order valence-electron chi connectivity index (χ2n) is 7.28. The maximum absolute atomic E-state index is 11.2. The lowest BCUT2D eigenvalue weighted by Gasteiger charge is -2.60. The second-order valence-corrected chi connectivity index (χ2v) is 8.84. The van der Waals surface area contributed by atoms with Gasteiger partial charge in [-0.3, -0.25) is 4.18 Å². The molecule has 2 unspecified atom stereocenters. The van der Waals surface area contributed by atoms with Crippen molar-refractivity contribution in [2.24, 2.45) is 17.3 Å². The number of hydrogen-bond acceptors (Lipinski definition) is 4. The van der Waals surface area contributed by atoms with Crippen LogP contribution in [-0.4, -0.2) is 34.3 Å². The maximum atomic E-state index is 11.2. The van der Waals surface area contributed by atoms with Crippen molar-refractivity contribution in [2.45, 2.75) is 51.0 Å². The Kier molecular flexibility index (Phi) is 3.64. The molecule has 0 aromatic carbocycles. The van der Waals surface area contributed by atoms with Crippen molar-refractivity contribution in [3.8, 4) is 0 Å². The predicted octanol–water partition coefficient (Wildman–Crippen LogP) is 1.84. The maximum Gasteiger partial charge on any atom is 0.335 e. The summed E-state index contributed by atoms with van der Waals surface area (Å²) in [5, 5.41) is 0. The molecular weight excluding hydrogens is 278 g/mol. The first-order valence-corrected chi connectivity index (χ1v) is 8.96. The molecule has 1 N–H and O–H groups in total. The van der Waals surface area contributed by atoms with E-state index in [0.717, 1.165) is 31.1 Å². The van der Waals surface area contributed by atoms with Crippen molar-refractivity contribution in [2.75, 3.05) is 20.3 Å². The summed E-state index contributed by atoms with van der Waals surface area (Å²) >= 11 is 0. The van der Waals surface area contributed by atoms with Crippen molar-refractivity contribution in [3.63, 3.8) is 0 Å². The van der Waals surface area contributed by atoms with Crippen molar-refractivity contribution in [3.05, 3.63) is 0 Å². The van der Waals surface area contributed by atoms with Crippen molar-refractivity contribution >= 4 is 10.3 Å². The second kappa shape index (κ2) is 4.93. The summed E-state index contributed by atoms with van der Waals surface area (Å²) in [6, 6.07) is 0. The molecule has 4 rings (SSSR count). The fourth-order valence-electron chi connectivity index (χ4n) is 5.26. The van der Waals surface area contributed by atoms with Gasteiger partial charge in [0, 0.05) is 7.05 Å². The Hall–Kier alpha value is -0.170. The number of hydrogen-bond donors (Lipinski definition) is 1. The zero-order chi connectivity index (χ0) is 14.4. The third kappa shape index (κ3) is 2.89. The number of ether oxygens (including phenoxy) is 1. The molecule has 0 spiro atoms. The molecule has 20 heavy (non-hydrogen) atoms. The summed E-state index contributed by atoms with van der Waals surface area (Å²) in [5.41, 5.74) is 0.438. The fraction of sp³-hybridized carbons (Fsp3) is 1.00. The highest BCUT2D eigenvalue weighted by molar-refractivity contribution is 7.84. The molecule has 0 heterocycles. The van der Waals surface area contributed by atoms with Gasteiger partial charge >= 0.3 is 10.3 Å². The summed E-state index contributed by atoms with van der Waals surface area (Å²) in [6.07, 6.45) is 7.49. The smallest absolute Gasteiger partial charge is 0.335 e. The third-order valence-electron chi connectivity index (χ3n) is 5.28. The first-order chi connectivity index (χ1) is 9.34. The molecule has 0 saturated heterocycles. The Morgan fingerprint density at radius 2 is 1.80 bits per heavy atom. The summed E-state index contributed by atoms with van der Waals surface area (Å²) in [6.45, 7) is 2.85. The van der Waals surface area contributed by atoms with Crippen LogP contribution in [0.1, 0.15) is 45.4 Å². The average molecular weight is 303 g/mol. The van der Waals surface area contributed by atoms with Gasteiger partial charge in [0.1, 0.15) is 0 Å². The van der Waals surface area contributed by atoms with Crippen LogP contribution in [0.2, 0.25) is 0 Å². The van der Waals surface area contributed by atoms with Gasteiger partial charge in [-0.1, -0.05) is 6.92 Å². The van der Waals surface area contributed by atoms with E-state index in [1.54, 1.807) is 0 Å². The van der Waals surface area contributed by atoms with E-state index < -0.39 is 10.3 Å². The van der Waals surface area contributed by atoms with E-state index in [0.29, 0.717) is 12.0 Å². The molecule has 2 atom stereocenters. The van der Waals surface area contributed by atoms with Crippen LogP contribution in [-0.2, 0) is 19.2 Å². The van der Waals surface area contributed by atoms with Gasteiger partial charge in [-0.05, 0) is 55.8 Å². The Labute approximate surface area is 121 Å². The van der Waals surface area contributed by atoms with Gasteiger partial charge in [-0.15, -0.1) is 0 Å². The Morgan fingerprint density at radius 3 is 2.35 bits per heavy atom. The average Bonchev–Trinajstić information content (AvgIpc) is 2.32. The van der Waals surface area contributed by atoms with Crippen LogP contribution in [0.25, 0.3) is 0 Å². The zero-order valence-electron chi connectivity index (χ0n) is 12.4. The molecular formula is C14H25NO4S. The van der Waals surface area contributed by atoms with E-state index in [4.69, 9.17) is 8.92 Å². The number of nitrogens with one attached hydrogen (secondary N) is 1. The van der Waals surface area contributed by atoms with Crippen molar-refractivity contribution in [1.82, 2.24) is 4.72 Å². The van der Waals surface area contributed by atoms with Crippen LogP contribution in [0.15, 0.2) is 0 Å². The minimum atomic E-state index is -3.59. The van der Waals surface area contributed by atoms with E-state index in [-0.39, 0.29) is 12.2 Å². The monoisotopic (exact) mass is 303 g/mol. The summed E-state index contributed by atoms with van der Waals surface area (Å²) in [5.74, 6) is 1.62. The molecule has 0 radical (unpaired) electrons. The van der Waals surface area contributed by atoms with Crippen molar-refractivity contribution < 1.29 is 17.3 Å². The van der Waals surface area contributed by atoms with Crippen LogP contribution in [0.5, 0.6) is 0 Å². The number of rotatable bonds is 6. The molecule has 4 fully saturated rings. The van der Waals surface area contributed by atoms with Crippen LogP contribution in [0, 0.1) is 17.3 Å². The predicted molar refractivity (Wildman–Crippen MR) is 75.4 cm³/mol. The molecule has 4 bridgehead atoms. The van der Waals surface area contributed by atoms with Crippen LogP contribution in [0.3, 0.4) is 0 Å². The minimum absolute atomic E-state index is 0.00833. The SMILES string of the molecule is CNS(=O)(=O)OCCOC12CC3CC(CC(C)(C3)C1)C2. The van der Waals surface area contributed by atoms with E-state index in [1.165, 1.54) is 26.3 Å². The van der Waals surface area contributed by atoms with Gasteiger partial charge in [0.05, 0.1) is 18.8 Å². The summed E-state index contributed by atoms with van der Waals surface area (Å²) < 4.78 is 35.4. The van der Waals surface area contributed by atoms with Crippen LogP contribution >= 0.6 is 0 Å². The molecule has 4 saturated carbocycles. The lowest BCUT2D eigenvalue weighted by atomic mass is 9.48. The normalized spacial score (nSPS) is 43.1. The molecule has 116 valence electrons. The summed E-state index contributed by atoms with van der Waals surface area (Å²) in [4.78, 5) is 0. The van der Waals surface area contributed by atoms with Crippen molar-refractivity contribution in [1.29, 1.82) is 0 Å². The van der Waals surface area contributed by atoms with Crippen LogP contribution in [0.4, 0.5) is 0 Å². The molecule has 0 aliphatic heterocycles. The molecule has 6 heteroatoms. The Bertz CT molecular complexity index is 462. The topological polar surface area (TPSA) is 64.6 Å². The molecule has 4 aliphatic rings. The van der Waals surface area contributed by atoms with E-state index >= 15 is 0 Å². The van der Waals surface area contributed by atoms with Gasteiger partial charge in [-0.25, -0.2) is 0 Å². The standard InChI is InChI=1S/C14H25NO4S/c1-13-6-11-5-12(7-13)9-14(8-11,10-13)18-3-4-19-20(16,17)15-2/h11-12,15H,3-10H2,1-2H3. The molecule has 4 aliphatic carbocycles. The molecule has 5 nitrogen and oxygen atoms in total. The quantitative estimate of drug-likeness (QED) is 0.761. The highest BCUT2D eigenvalue weighted by Gasteiger charge is 2.56. The van der Waals surface area contributed by atoms with E-state index in [1.807, 2.05) is 0 Å². The minimum Gasteiger partial charge on any atom is -0.373 e. The Morgan fingerprint density at radius 1 is 1.15 bits per heavy atom. The fourth-order valence-corrected chi connectivity index (χ4v) is 5.66. The van der Waals surface area contributed by atoms with Gasteiger partial charge < -0.3 is 4.74 Å². The molecule has 0 amide bonds. The third-order valence-corrected chi connectivity index (χ3v) is 6.26. The summed E-state index contributed by atoms with van der Waals surface area (Å²) in [7, 11) is -2.25. The van der Waals surface area contributed by atoms with Crippen LogP contribution < -0.4 is 4.72 Å². The van der Waals surface area contributed by atoms with Gasteiger partial charge in [-0.2, -0.15) is 13.1 Å². The highest BCUT2D eigenvalue weighted by Crippen LogP contribution is 2.62. The molecule has 0 aromatic heterocycles. The van der Waals surface area contributed by atoms with E-state index in [9.17, 15) is 8.42 Å².